The van der Waals surface area contributed by atoms with Gasteiger partial charge < -0.3 is 9.84 Å². The molecule has 0 aliphatic heterocycles. The topological polar surface area (TPSA) is 46.5 Å². The second-order valence-corrected chi connectivity index (χ2v) is 4.07. The Morgan fingerprint density at radius 3 is 2.21 bits per heavy atom. The minimum Gasteiger partial charge on any atom is -0.507 e. The molecule has 2 rings (SSSR count). The van der Waals surface area contributed by atoms with E-state index in [1.165, 1.54) is 7.11 Å². The molecule has 0 saturated heterocycles. The van der Waals surface area contributed by atoms with Gasteiger partial charge in [0.05, 0.1) is 12.7 Å². The summed E-state index contributed by atoms with van der Waals surface area (Å²) in [6.07, 6.45) is 0. The average molecular weight is 254 g/mol. The summed E-state index contributed by atoms with van der Waals surface area (Å²) >= 11 is 0. The summed E-state index contributed by atoms with van der Waals surface area (Å²) in [6.45, 7) is 3.87. The highest BCUT2D eigenvalue weighted by atomic mass is 16.5. The first-order chi connectivity index (χ1) is 9.13. The van der Waals surface area contributed by atoms with Crippen LogP contribution in [0.2, 0.25) is 0 Å². The van der Waals surface area contributed by atoms with Gasteiger partial charge in [0.15, 0.2) is 0 Å². The molecule has 0 fully saturated rings. The van der Waals surface area contributed by atoms with Gasteiger partial charge in [-0.15, -0.1) is 0 Å². The van der Waals surface area contributed by atoms with Gasteiger partial charge in [-0.05, 0) is 17.4 Å². The number of ether oxygens (including phenoxy) is 1. The third-order valence-electron chi connectivity index (χ3n) is 2.85. The van der Waals surface area contributed by atoms with Gasteiger partial charge in [0.1, 0.15) is 5.76 Å². The summed E-state index contributed by atoms with van der Waals surface area (Å²) in [5.74, 6) is -0.259. The predicted octanol–water partition coefficient (Wildman–Crippen LogP) is 1.60. The molecule has 0 aliphatic carbocycles. The standard InChI is InChI=1S/C16H14O3/c1-11-5-3-4-6-14(11)15(17)12-7-9-13(10-8-12)16(18)19-2/h3-10,17H,1H2,2H3/b15-14-. The smallest absolute Gasteiger partial charge is 0.337 e. The Balaban J connectivity index is 2.49. The van der Waals surface area contributed by atoms with Gasteiger partial charge in [-0.3, -0.25) is 0 Å². The van der Waals surface area contributed by atoms with Crippen molar-refractivity contribution in [1.82, 2.24) is 0 Å². The Bertz CT molecular complexity index is 700. The Kier molecular flexibility index (Phi) is 3.66. The fourth-order valence-corrected chi connectivity index (χ4v) is 1.79. The summed E-state index contributed by atoms with van der Waals surface area (Å²) in [5.41, 5.74) is 1.07. The number of benzene rings is 2. The third-order valence-corrected chi connectivity index (χ3v) is 2.85. The molecule has 3 nitrogen and oxygen atoms in total. The lowest BCUT2D eigenvalue weighted by Crippen LogP contribution is -2.25. The molecule has 0 amide bonds. The number of carbonyl (C=O) groups is 1. The normalized spacial score (nSPS) is 11.8. The highest BCUT2D eigenvalue weighted by Crippen LogP contribution is 2.10. The molecule has 96 valence electrons. The van der Waals surface area contributed by atoms with Crippen molar-refractivity contribution in [2.45, 2.75) is 0 Å². The Labute approximate surface area is 111 Å². The molecule has 0 saturated carbocycles. The second-order valence-electron chi connectivity index (χ2n) is 4.07. The predicted molar refractivity (Wildman–Crippen MR) is 74.1 cm³/mol. The first-order valence-electron chi connectivity index (χ1n) is 5.79. The van der Waals surface area contributed by atoms with Crippen molar-refractivity contribution in [2.24, 2.45) is 0 Å². The van der Waals surface area contributed by atoms with Gasteiger partial charge in [-0.2, -0.15) is 0 Å². The van der Waals surface area contributed by atoms with Crippen LogP contribution < -0.4 is 10.4 Å². The summed E-state index contributed by atoms with van der Waals surface area (Å²) in [6, 6.07) is 13.9. The summed E-state index contributed by atoms with van der Waals surface area (Å²) in [5, 5.41) is 11.6. The molecule has 0 spiro atoms. The molecule has 1 N–H and O–H groups in total. The zero-order chi connectivity index (χ0) is 13.8. The zero-order valence-corrected chi connectivity index (χ0v) is 10.6. The molecule has 3 heteroatoms. The number of methoxy groups -OCH3 is 1. The van der Waals surface area contributed by atoms with E-state index in [4.69, 9.17) is 0 Å². The van der Waals surface area contributed by atoms with Crippen LogP contribution in [-0.2, 0) is 4.74 Å². The molecule has 19 heavy (non-hydrogen) atoms. The van der Waals surface area contributed by atoms with Crippen molar-refractivity contribution in [3.05, 3.63) is 70.1 Å². The lowest BCUT2D eigenvalue weighted by molar-refractivity contribution is 0.0600. The SMILES string of the molecule is C=c1cccc/c1=C(/O)c1ccc(C(=O)OC)cc1. The van der Waals surface area contributed by atoms with Crippen LogP contribution in [-0.4, -0.2) is 18.2 Å². The van der Waals surface area contributed by atoms with E-state index >= 15 is 0 Å². The number of rotatable bonds is 2. The van der Waals surface area contributed by atoms with Crippen LogP contribution in [0.25, 0.3) is 12.3 Å². The maximum absolute atomic E-state index is 11.3. The quantitative estimate of drug-likeness (QED) is 0.828. The average Bonchev–Trinajstić information content (AvgIpc) is 2.46. The van der Waals surface area contributed by atoms with E-state index in [2.05, 4.69) is 11.3 Å². The van der Waals surface area contributed by atoms with Crippen molar-refractivity contribution < 1.29 is 14.6 Å². The zero-order valence-electron chi connectivity index (χ0n) is 10.6. The molecule has 2 aromatic carbocycles. The maximum Gasteiger partial charge on any atom is 0.337 e. The van der Waals surface area contributed by atoms with Crippen LogP contribution in [0, 0.1) is 0 Å². The van der Waals surface area contributed by atoms with Crippen molar-refractivity contribution in [3.63, 3.8) is 0 Å². The molecular weight excluding hydrogens is 240 g/mol. The molecule has 0 aromatic heterocycles. The van der Waals surface area contributed by atoms with E-state index in [0.29, 0.717) is 16.3 Å². The third kappa shape index (κ3) is 2.65. The largest absolute Gasteiger partial charge is 0.507 e. The fraction of sp³-hybridized carbons (Fsp3) is 0.0625. The maximum atomic E-state index is 11.3. The summed E-state index contributed by atoms with van der Waals surface area (Å²) in [7, 11) is 1.33. The monoisotopic (exact) mass is 254 g/mol. The van der Waals surface area contributed by atoms with Crippen molar-refractivity contribution in [2.75, 3.05) is 7.11 Å². The summed E-state index contributed by atoms with van der Waals surface area (Å²) < 4.78 is 4.62. The van der Waals surface area contributed by atoms with Gasteiger partial charge in [-0.25, -0.2) is 4.79 Å². The van der Waals surface area contributed by atoms with E-state index in [1.807, 2.05) is 18.2 Å². The van der Waals surface area contributed by atoms with Crippen molar-refractivity contribution in [1.29, 1.82) is 0 Å². The van der Waals surface area contributed by atoms with Crippen LogP contribution >= 0.6 is 0 Å². The lowest BCUT2D eigenvalue weighted by atomic mass is 10.1. The Hall–Kier alpha value is -2.55. The number of carbonyl (C=O) groups excluding carboxylic acids is 1. The molecule has 0 atom stereocenters. The van der Waals surface area contributed by atoms with Gasteiger partial charge in [0.2, 0.25) is 0 Å². The molecule has 0 heterocycles. The summed E-state index contributed by atoms with van der Waals surface area (Å²) in [4.78, 5) is 11.3. The van der Waals surface area contributed by atoms with Gasteiger partial charge >= 0.3 is 5.97 Å². The molecule has 0 bridgehead atoms. The van der Waals surface area contributed by atoms with Crippen LogP contribution in [0.5, 0.6) is 0 Å². The molecular formula is C16H14O3. The molecule has 0 unspecified atom stereocenters. The highest BCUT2D eigenvalue weighted by Gasteiger charge is 2.06. The fourth-order valence-electron chi connectivity index (χ4n) is 1.79. The number of aliphatic hydroxyl groups is 1. The van der Waals surface area contributed by atoms with E-state index in [0.717, 1.165) is 5.22 Å². The second kappa shape index (κ2) is 5.40. The Morgan fingerprint density at radius 1 is 1.05 bits per heavy atom. The lowest BCUT2D eigenvalue weighted by Gasteiger charge is -2.03. The van der Waals surface area contributed by atoms with Gasteiger partial charge in [-0.1, -0.05) is 43.0 Å². The van der Waals surface area contributed by atoms with Crippen LogP contribution in [0.15, 0.2) is 48.5 Å². The van der Waals surface area contributed by atoms with Gasteiger partial charge in [0.25, 0.3) is 0 Å². The van der Waals surface area contributed by atoms with Crippen molar-refractivity contribution in [3.8, 4) is 0 Å². The van der Waals surface area contributed by atoms with E-state index in [-0.39, 0.29) is 5.76 Å². The number of aliphatic hydroxyl groups excluding tert-OH is 1. The molecule has 2 aromatic rings. The van der Waals surface area contributed by atoms with E-state index < -0.39 is 5.97 Å². The first kappa shape index (κ1) is 12.9. The molecule has 0 radical (unpaired) electrons. The van der Waals surface area contributed by atoms with E-state index in [9.17, 15) is 9.90 Å². The van der Waals surface area contributed by atoms with Crippen molar-refractivity contribution >= 4 is 18.3 Å². The van der Waals surface area contributed by atoms with Gasteiger partial charge in [0, 0.05) is 10.8 Å². The van der Waals surface area contributed by atoms with Crippen LogP contribution in [0.1, 0.15) is 15.9 Å². The number of hydrogen-bond donors (Lipinski definition) is 1. The number of hydrogen-bond acceptors (Lipinski definition) is 3. The number of esters is 1. The molecule has 0 aliphatic rings. The van der Waals surface area contributed by atoms with Crippen LogP contribution in [0.4, 0.5) is 0 Å². The van der Waals surface area contributed by atoms with E-state index in [1.54, 1.807) is 30.3 Å². The minimum absolute atomic E-state index is 0.141. The minimum atomic E-state index is -0.399. The first-order valence-corrected chi connectivity index (χ1v) is 5.79. The Morgan fingerprint density at radius 2 is 1.63 bits per heavy atom. The van der Waals surface area contributed by atoms with Crippen LogP contribution in [0.3, 0.4) is 0 Å². The highest BCUT2D eigenvalue weighted by molar-refractivity contribution is 5.89.